The molecule has 0 N–H and O–H groups in total. The van der Waals surface area contributed by atoms with E-state index in [-0.39, 0.29) is 11.2 Å². The van der Waals surface area contributed by atoms with Gasteiger partial charge in [0, 0.05) is 42.9 Å². The molecule has 2 aliphatic heterocycles. The lowest BCUT2D eigenvalue weighted by Crippen LogP contribution is -2.45. The van der Waals surface area contributed by atoms with Crippen molar-refractivity contribution in [2.75, 3.05) is 13.1 Å². The second kappa shape index (κ2) is 7.35. The summed E-state index contributed by atoms with van der Waals surface area (Å²) in [5, 5.41) is 6.69. The molecule has 0 bridgehead atoms. The smallest absolute Gasteiger partial charge is 0.146 e. The largest absolute Gasteiger partial charge is 0.388 e. The Kier molecular flexibility index (Phi) is 5.35. The molecule has 5 nitrogen and oxygen atoms in total. The van der Waals surface area contributed by atoms with Gasteiger partial charge < -0.3 is 4.84 Å². The zero-order valence-corrected chi connectivity index (χ0v) is 15.6. The molecule has 134 valence electrons. The number of oxime groups is 1. The van der Waals surface area contributed by atoms with Crippen LogP contribution in [-0.2, 0) is 14.7 Å². The summed E-state index contributed by atoms with van der Waals surface area (Å²) in [6.45, 7) is 7.34. The van der Waals surface area contributed by atoms with Crippen LogP contribution in [0.3, 0.4) is 0 Å². The molecule has 1 fully saturated rings. The summed E-state index contributed by atoms with van der Waals surface area (Å²) in [6, 6.07) is 7.48. The summed E-state index contributed by atoms with van der Waals surface area (Å²) < 4.78 is 0. The van der Waals surface area contributed by atoms with Gasteiger partial charge in [-0.15, -0.1) is 4.99 Å². The van der Waals surface area contributed by atoms with Crippen molar-refractivity contribution in [2.24, 2.45) is 5.16 Å². The van der Waals surface area contributed by atoms with E-state index in [4.69, 9.17) is 26.3 Å². The SMILES string of the molecule is CC(C)(C)OON1CCC2(CC1)CC(C#Cc1cccc(Cl)c1)=NO2. The normalized spacial score (nSPS) is 19.9. The van der Waals surface area contributed by atoms with Crippen molar-refractivity contribution in [1.29, 1.82) is 0 Å². The number of halogens is 1. The van der Waals surface area contributed by atoms with Crippen LogP contribution in [-0.4, -0.2) is 35.1 Å². The number of benzene rings is 1. The van der Waals surface area contributed by atoms with E-state index in [1.807, 2.05) is 50.1 Å². The molecule has 0 atom stereocenters. The highest BCUT2D eigenvalue weighted by molar-refractivity contribution is 6.30. The van der Waals surface area contributed by atoms with Crippen molar-refractivity contribution in [3.05, 3.63) is 34.9 Å². The molecular weight excluding hydrogens is 340 g/mol. The van der Waals surface area contributed by atoms with E-state index in [2.05, 4.69) is 17.0 Å². The molecule has 1 spiro atoms. The van der Waals surface area contributed by atoms with Gasteiger partial charge in [-0.05, 0) is 44.9 Å². The maximum atomic E-state index is 5.97. The fourth-order valence-electron chi connectivity index (χ4n) is 2.70. The molecule has 3 rings (SSSR count). The van der Waals surface area contributed by atoms with Crippen molar-refractivity contribution in [1.82, 2.24) is 5.06 Å². The van der Waals surface area contributed by atoms with Crippen LogP contribution in [0.25, 0.3) is 0 Å². The van der Waals surface area contributed by atoms with Gasteiger partial charge >= 0.3 is 0 Å². The van der Waals surface area contributed by atoms with Crippen molar-refractivity contribution >= 4 is 17.3 Å². The number of nitrogens with zero attached hydrogens (tertiary/aromatic N) is 2. The van der Waals surface area contributed by atoms with Gasteiger partial charge in [-0.25, -0.2) is 4.89 Å². The summed E-state index contributed by atoms with van der Waals surface area (Å²) in [7, 11) is 0. The Balaban J connectivity index is 1.51. The maximum Gasteiger partial charge on any atom is 0.146 e. The fraction of sp³-hybridized carbons (Fsp3) is 0.526. The third-order valence-corrected chi connectivity index (χ3v) is 4.28. The Morgan fingerprint density at radius 1 is 1.24 bits per heavy atom. The minimum Gasteiger partial charge on any atom is -0.388 e. The Labute approximate surface area is 153 Å². The predicted molar refractivity (Wildman–Crippen MR) is 96.9 cm³/mol. The lowest BCUT2D eigenvalue weighted by molar-refractivity contribution is -0.465. The lowest BCUT2D eigenvalue weighted by atomic mass is 9.87. The maximum absolute atomic E-state index is 5.97. The monoisotopic (exact) mass is 362 g/mol. The van der Waals surface area contributed by atoms with E-state index in [9.17, 15) is 0 Å². The molecule has 0 aromatic heterocycles. The molecule has 1 saturated heterocycles. The lowest BCUT2D eigenvalue weighted by Gasteiger charge is -2.36. The topological polar surface area (TPSA) is 43.3 Å². The van der Waals surface area contributed by atoms with Crippen LogP contribution in [0.15, 0.2) is 29.4 Å². The molecule has 1 aromatic carbocycles. The van der Waals surface area contributed by atoms with E-state index in [0.29, 0.717) is 5.02 Å². The molecule has 0 aliphatic carbocycles. The van der Waals surface area contributed by atoms with Gasteiger partial charge in [-0.1, -0.05) is 28.7 Å². The van der Waals surface area contributed by atoms with E-state index in [1.54, 1.807) is 0 Å². The number of hydroxylamine groups is 2. The van der Waals surface area contributed by atoms with Gasteiger partial charge in [-0.2, -0.15) is 5.06 Å². The summed E-state index contributed by atoms with van der Waals surface area (Å²) in [4.78, 5) is 16.5. The van der Waals surface area contributed by atoms with Gasteiger partial charge in [0.05, 0.1) is 5.60 Å². The first kappa shape index (κ1) is 18.2. The zero-order valence-electron chi connectivity index (χ0n) is 14.8. The van der Waals surface area contributed by atoms with Gasteiger partial charge in [0.1, 0.15) is 11.3 Å². The van der Waals surface area contributed by atoms with E-state index in [0.717, 1.165) is 43.6 Å². The molecule has 0 unspecified atom stereocenters. The Morgan fingerprint density at radius 3 is 2.68 bits per heavy atom. The third kappa shape index (κ3) is 5.20. The zero-order chi connectivity index (χ0) is 17.9. The Bertz CT molecular complexity index is 707. The van der Waals surface area contributed by atoms with Crippen molar-refractivity contribution < 1.29 is 14.7 Å². The quantitative estimate of drug-likeness (QED) is 0.453. The fourth-order valence-corrected chi connectivity index (χ4v) is 2.89. The number of piperidine rings is 1. The second-order valence-corrected chi connectivity index (χ2v) is 7.89. The standard InChI is InChI=1S/C19H23ClN2O3/c1-18(2,3)24-25-22-11-9-19(10-12-22)14-17(21-23-19)8-7-15-5-4-6-16(20)13-15/h4-6,13H,9-12,14H2,1-3H3. The van der Waals surface area contributed by atoms with Crippen LogP contribution >= 0.6 is 11.6 Å². The van der Waals surface area contributed by atoms with Gasteiger partial charge in [0.2, 0.25) is 0 Å². The molecule has 1 aromatic rings. The molecule has 6 heteroatoms. The summed E-state index contributed by atoms with van der Waals surface area (Å²) in [5.74, 6) is 6.19. The number of rotatable bonds is 2. The molecule has 0 saturated carbocycles. The van der Waals surface area contributed by atoms with Gasteiger partial charge in [0.25, 0.3) is 0 Å². The van der Waals surface area contributed by atoms with Crippen LogP contribution in [0, 0.1) is 11.8 Å². The van der Waals surface area contributed by atoms with E-state index < -0.39 is 0 Å². The predicted octanol–water partition coefficient (Wildman–Crippen LogP) is 3.96. The minimum atomic E-state index is -0.328. The molecule has 2 heterocycles. The third-order valence-electron chi connectivity index (χ3n) is 4.04. The Morgan fingerprint density at radius 2 is 2.00 bits per heavy atom. The second-order valence-electron chi connectivity index (χ2n) is 7.45. The Hall–Kier alpha value is -1.58. The molecule has 25 heavy (non-hydrogen) atoms. The number of hydrogen-bond acceptors (Lipinski definition) is 5. The first-order chi connectivity index (χ1) is 11.8. The number of hydrogen-bond donors (Lipinski definition) is 0. The minimum absolute atomic E-state index is 0.264. The van der Waals surface area contributed by atoms with Crippen molar-refractivity contribution in [3.8, 4) is 11.8 Å². The molecular formula is C19H23ClN2O3. The first-order valence-corrected chi connectivity index (χ1v) is 8.85. The van der Waals surface area contributed by atoms with Crippen LogP contribution in [0.2, 0.25) is 5.02 Å². The average Bonchev–Trinajstić information content (AvgIpc) is 2.95. The molecule has 2 aliphatic rings. The summed E-state index contributed by atoms with van der Waals surface area (Å²) in [5.41, 5.74) is 1.06. The van der Waals surface area contributed by atoms with Crippen LogP contribution < -0.4 is 0 Å². The van der Waals surface area contributed by atoms with Crippen molar-refractivity contribution in [3.63, 3.8) is 0 Å². The highest BCUT2D eigenvalue weighted by Crippen LogP contribution is 2.34. The highest BCUT2D eigenvalue weighted by Gasteiger charge is 2.42. The highest BCUT2D eigenvalue weighted by atomic mass is 35.5. The van der Waals surface area contributed by atoms with Crippen LogP contribution in [0.1, 0.15) is 45.6 Å². The summed E-state index contributed by atoms with van der Waals surface area (Å²) in [6.07, 6.45) is 2.38. The van der Waals surface area contributed by atoms with E-state index >= 15 is 0 Å². The van der Waals surface area contributed by atoms with Gasteiger partial charge in [0.15, 0.2) is 0 Å². The molecule has 0 amide bonds. The average molecular weight is 363 g/mol. The van der Waals surface area contributed by atoms with Gasteiger partial charge in [-0.3, -0.25) is 0 Å². The molecule has 0 radical (unpaired) electrons. The first-order valence-electron chi connectivity index (χ1n) is 8.47. The van der Waals surface area contributed by atoms with Crippen molar-refractivity contribution in [2.45, 2.75) is 51.2 Å². The van der Waals surface area contributed by atoms with Crippen LogP contribution in [0.4, 0.5) is 0 Å². The van der Waals surface area contributed by atoms with E-state index in [1.165, 1.54) is 0 Å². The summed E-state index contributed by atoms with van der Waals surface area (Å²) >= 11 is 5.97. The van der Waals surface area contributed by atoms with Crippen LogP contribution in [0.5, 0.6) is 0 Å².